The van der Waals surface area contributed by atoms with E-state index in [0.29, 0.717) is 6.54 Å². The average molecular weight is 492 g/mol. The molecule has 1 fully saturated rings. The first-order valence-corrected chi connectivity index (χ1v) is 13.3. The van der Waals surface area contributed by atoms with Gasteiger partial charge in [-0.15, -0.1) is 0 Å². The Morgan fingerprint density at radius 3 is 2.46 bits per heavy atom. The standard InChI is InChI=1S/C27H29N3O4S/c1-18-4-8-21(31)15-23(18)20-7-11-25-24(14-20)27(12-2-3-13-27)17-30(25)26(32)29-16-19-5-9-22(10-6-19)35(28,33)34/h4-11,14-15,31H,2-3,12-13,16-17H2,1H3,(H,29,32)(H2,28,33,34). The molecule has 7 nitrogen and oxygen atoms in total. The molecular formula is C27H29N3O4S. The number of benzene rings is 3. The molecule has 2 amide bonds. The number of primary sulfonamides is 1. The lowest BCUT2D eigenvalue weighted by molar-refractivity contribution is 0.245. The SMILES string of the molecule is Cc1ccc(O)cc1-c1ccc2c(c1)C1(CCCC1)CN2C(=O)NCc1ccc(S(N)(=O)=O)cc1. The maximum Gasteiger partial charge on any atom is 0.322 e. The van der Waals surface area contributed by atoms with Crippen LogP contribution in [0.1, 0.15) is 42.4 Å². The highest BCUT2D eigenvalue weighted by Gasteiger charge is 2.46. The summed E-state index contributed by atoms with van der Waals surface area (Å²) in [5.41, 5.74) is 5.98. The van der Waals surface area contributed by atoms with Crippen LogP contribution in [0.5, 0.6) is 5.75 Å². The third-order valence-corrected chi connectivity index (χ3v) is 8.28. The summed E-state index contributed by atoms with van der Waals surface area (Å²) in [5, 5.41) is 18.2. The number of aryl methyl sites for hydroxylation is 1. The summed E-state index contributed by atoms with van der Waals surface area (Å²) in [6.07, 6.45) is 4.36. The van der Waals surface area contributed by atoms with Gasteiger partial charge in [-0.05, 0) is 84.0 Å². The van der Waals surface area contributed by atoms with E-state index in [9.17, 15) is 18.3 Å². The van der Waals surface area contributed by atoms with Crippen LogP contribution >= 0.6 is 0 Å². The first-order chi connectivity index (χ1) is 16.7. The van der Waals surface area contributed by atoms with E-state index < -0.39 is 10.0 Å². The van der Waals surface area contributed by atoms with Crippen molar-refractivity contribution in [1.82, 2.24) is 5.32 Å². The van der Waals surface area contributed by atoms with Gasteiger partial charge < -0.3 is 10.4 Å². The number of phenolic OH excluding ortho intramolecular Hbond substituents is 1. The van der Waals surface area contributed by atoms with Crippen molar-refractivity contribution >= 4 is 21.7 Å². The highest BCUT2D eigenvalue weighted by atomic mass is 32.2. The minimum Gasteiger partial charge on any atom is -0.508 e. The third-order valence-electron chi connectivity index (χ3n) is 7.35. The summed E-state index contributed by atoms with van der Waals surface area (Å²) in [7, 11) is -3.75. The summed E-state index contributed by atoms with van der Waals surface area (Å²) >= 11 is 0. The van der Waals surface area contributed by atoms with Gasteiger partial charge in [-0.2, -0.15) is 0 Å². The molecule has 1 heterocycles. The minimum absolute atomic E-state index is 0.0435. The lowest BCUT2D eigenvalue weighted by Crippen LogP contribution is -2.41. The Hall–Kier alpha value is -3.36. The number of nitrogens with one attached hydrogen (secondary N) is 1. The van der Waals surface area contributed by atoms with Gasteiger partial charge in [0.15, 0.2) is 0 Å². The van der Waals surface area contributed by atoms with Crippen molar-refractivity contribution in [3.63, 3.8) is 0 Å². The predicted molar refractivity (Wildman–Crippen MR) is 136 cm³/mol. The number of aromatic hydroxyl groups is 1. The first-order valence-electron chi connectivity index (χ1n) is 11.8. The van der Waals surface area contributed by atoms with Gasteiger partial charge in [-0.1, -0.05) is 37.1 Å². The maximum atomic E-state index is 13.3. The molecule has 3 aromatic carbocycles. The van der Waals surface area contributed by atoms with E-state index in [1.54, 1.807) is 24.3 Å². The predicted octanol–water partition coefficient (Wildman–Crippen LogP) is 4.56. The number of carbonyl (C=O) groups is 1. The number of urea groups is 1. The zero-order valence-electron chi connectivity index (χ0n) is 19.6. The van der Waals surface area contributed by atoms with Crippen LogP contribution < -0.4 is 15.4 Å². The quantitative estimate of drug-likeness (QED) is 0.497. The first kappa shape index (κ1) is 23.4. The molecule has 3 aromatic rings. The van der Waals surface area contributed by atoms with Crippen molar-refractivity contribution in [2.75, 3.05) is 11.4 Å². The Morgan fingerprint density at radius 1 is 1.06 bits per heavy atom. The van der Waals surface area contributed by atoms with Crippen LogP contribution in [-0.2, 0) is 22.0 Å². The average Bonchev–Trinajstić information content (AvgIpc) is 3.44. The number of fused-ring (bicyclic) bond motifs is 2. The van der Waals surface area contributed by atoms with Crippen LogP contribution in [0.3, 0.4) is 0 Å². The van der Waals surface area contributed by atoms with Gasteiger partial charge in [0.1, 0.15) is 5.75 Å². The summed E-state index contributed by atoms with van der Waals surface area (Å²) in [6.45, 7) is 2.95. The number of hydrogen-bond acceptors (Lipinski definition) is 4. The number of nitrogens with two attached hydrogens (primary N) is 1. The van der Waals surface area contributed by atoms with Gasteiger partial charge in [-0.25, -0.2) is 18.4 Å². The summed E-state index contributed by atoms with van der Waals surface area (Å²) < 4.78 is 22.9. The molecular weight excluding hydrogens is 462 g/mol. The van der Waals surface area contributed by atoms with Crippen molar-refractivity contribution in [1.29, 1.82) is 0 Å². The molecule has 5 rings (SSSR count). The summed E-state index contributed by atoms with van der Waals surface area (Å²) in [5.74, 6) is 0.236. The van der Waals surface area contributed by atoms with Gasteiger partial charge >= 0.3 is 6.03 Å². The highest BCUT2D eigenvalue weighted by Crippen LogP contribution is 2.51. The van der Waals surface area contributed by atoms with Gasteiger partial charge in [0.2, 0.25) is 10.0 Å². The molecule has 1 spiro atoms. The molecule has 1 aliphatic carbocycles. The van der Waals surface area contributed by atoms with E-state index in [1.165, 1.54) is 17.7 Å². The smallest absolute Gasteiger partial charge is 0.322 e. The highest BCUT2D eigenvalue weighted by molar-refractivity contribution is 7.89. The molecule has 0 unspecified atom stereocenters. The molecule has 0 saturated heterocycles. The van der Waals surface area contributed by atoms with Gasteiger partial charge in [0, 0.05) is 24.2 Å². The van der Waals surface area contributed by atoms with Crippen molar-refractivity contribution in [3.8, 4) is 16.9 Å². The summed E-state index contributed by atoms with van der Waals surface area (Å²) in [6, 6.07) is 17.6. The van der Waals surface area contributed by atoms with Crippen molar-refractivity contribution in [2.24, 2.45) is 5.14 Å². The van der Waals surface area contributed by atoms with Gasteiger partial charge in [0.25, 0.3) is 0 Å². The van der Waals surface area contributed by atoms with Crippen LogP contribution in [0, 0.1) is 6.92 Å². The van der Waals surface area contributed by atoms with E-state index in [4.69, 9.17) is 5.14 Å². The zero-order valence-corrected chi connectivity index (χ0v) is 20.4. The molecule has 0 radical (unpaired) electrons. The Labute approximate surface area is 205 Å². The largest absolute Gasteiger partial charge is 0.508 e. The van der Waals surface area contributed by atoms with E-state index >= 15 is 0 Å². The topological polar surface area (TPSA) is 113 Å². The number of amides is 2. The van der Waals surface area contributed by atoms with Crippen LogP contribution in [0.15, 0.2) is 65.6 Å². The Balaban J connectivity index is 1.41. The fourth-order valence-electron chi connectivity index (χ4n) is 5.49. The van der Waals surface area contributed by atoms with Crippen LogP contribution in [0.25, 0.3) is 11.1 Å². The van der Waals surface area contributed by atoms with E-state index in [-0.39, 0.29) is 28.6 Å². The van der Waals surface area contributed by atoms with Gasteiger partial charge in [0.05, 0.1) is 4.90 Å². The Bertz CT molecular complexity index is 1390. The van der Waals surface area contributed by atoms with E-state index in [1.807, 2.05) is 30.0 Å². The number of sulfonamides is 1. The normalized spacial score (nSPS) is 16.5. The second-order valence-corrected chi connectivity index (χ2v) is 11.2. The van der Waals surface area contributed by atoms with Crippen molar-refractivity contribution < 1.29 is 18.3 Å². The van der Waals surface area contributed by atoms with Crippen LogP contribution in [0.2, 0.25) is 0 Å². The lowest BCUT2D eigenvalue weighted by atomic mass is 9.79. The van der Waals surface area contributed by atoms with Crippen molar-refractivity contribution in [2.45, 2.75) is 49.5 Å². The second-order valence-electron chi connectivity index (χ2n) is 9.65. The molecule has 0 bridgehead atoms. The molecule has 182 valence electrons. The van der Waals surface area contributed by atoms with Crippen LogP contribution in [0.4, 0.5) is 10.5 Å². The fraction of sp³-hybridized carbons (Fsp3) is 0.296. The van der Waals surface area contributed by atoms with Gasteiger partial charge in [-0.3, -0.25) is 4.90 Å². The lowest BCUT2D eigenvalue weighted by Gasteiger charge is -2.25. The molecule has 1 aliphatic heterocycles. The van der Waals surface area contributed by atoms with Crippen molar-refractivity contribution in [3.05, 3.63) is 77.4 Å². The number of carbonyl (C=O) groups excluding carboxylic acids is 1. The number of hydrogen-bond donors (Lipinski definition) is 3. The summed E-state index contributed by atoms with van der Waals surface area (Å²) in [4.78, 5) is 15.1. The fourth-order valence-corrected chi connectivity index (χ4v) is 6.00. The van der Waals surface area contributed by atoms with E-state index in [2.05, 4.69) is 11.4 Å². The van der Waals surface area contributed by atoms with E-state index in [0.717, 1.165) is 53.6 Å². The molecule has 0 aromatic heterocycles. The third kappa shape index (κ3) is 4.39. The molecule has 4 N–H and O–H groups in total. The number of phenols is 1. The molecule has 8 heteroatoms. The second kappa shape index (κ2) is 8.70. The zero-order chi connectivity index (χ0) is 24.8. The maximum absolute atomic E-state index is 13.3. The number of anilines is 1. The Kier molecular flexibility index (Phi) is 5.81. The Morgan fingerprint density at radius 2 is 1.77 bits per heavy atom. The molecule has 2 aliphatic rings. The monoisotopic (exact) mass is 491 g/mol. The molecule has 0 atom stereocenters. The number of rotatable bonds is 4. The minimum atomic E-state index is -3.75. The van der Waals surface area contributed by atoms with Crippen LogP contribution in [-0.4, -0.2) is 26.1 Å². The molecule has 35 heavy (non-hydrogen) atoms. The molecule has 1 saturated carbocycles. The number of nitrogens with zero attached hydrogens (tertiary/aromatic N) is 1.